The van der Waals surface area contributed by atoms with Gasteiger partial charge in [-0.1, -0.05) is 23.2 Å². The van der Waals surface area contributed by atoms with Crippen molar-refractivity contribution in [2.24, 2.45) is 5.92 Å². The van der Waals surface area contributed by atoms with E-state index in [0.717, 1.165) is 44.5 Å². The summed E-state index contributed by atoms with van der Waals surface area (Å²) in [5, 5.41) is 0.995. The minimum absolute atomic E-state index is 0.228. The smallest absolute Gasteiger partial charge is 0.249 e. The minimum Gasteiger partial charge on any atom is -0.490 e. The lowest BCUT2D eigenvalue weighted by Gasteiger charge is -2.17. The highest BCUT2D eigenvalue weighted by Gasteiger charge is 2.23. The van der Waals surface area contributed by atoms with Gasteiger partial charge in [0.05, 0.1) is 6.61 Å². The zero-order chi connectivity index (χ0) is 21.5. The van der Waals surface area contributed by atoms with Crippen LogP contribution in [0.5, 0.6) is 11.5 Å². The molecule has 1 atom stereocenters. The van der Waals surface area contributed by atoms with Crippen LogP contribution in [0.25, 0.3) is 0 Å². The number of rotatable bonds is 9. The number of likely N-dealkylation sites (tertiary alicyclic amines) is 1. The molecule has 1 amide bonds. The topological polar surface area (TPSA) is 50.8 Å². The number of hydrogen-bond donors (Lipinski definition) is 1. The predicted octanol–water partition coefficient (Wildman–Crippen LogP) is 4.90. The first-order chi connectivity index (χ1) is 14.4. The largest absolute Gasteiger partial charge is 0.490 e. The van der Waals surface area contributed by atoms with Crippen LogP contribution in [0, 0.1) is 11.7 Å². The fraction of sp³-hybridized carbons (Fsp3) is 0.409. The van der Waals surface area contributed by atoms with Crippen molar-refractivity contribution >= 4 is 29.1 Å². The molecule has 0 bridgehead atoms. The maximum Gasteiger partial charge on any atom is 0.249 e. The fourth-order valence-electron chi connectivity index (χ4n) is 3.59. The minimum atomic E-state index is -0.442. The zero-order valence-electron chi connectivity index (χ0n) is 16.8. The van der Waals surface area contributed by atoms with E-state index in [2.05, 4.69) is 10.4 Å². The maximum absolute atomic E-state index is 13.7. The fourth-order valence-corrected chi connectivity index (χ4v) is 3.94. The summed E-state index contributed by atoms with van der Waals surface area (Å²) in [6, 6.07) is 9.82. The van der Waals surface area contributed by atoms with Crippen LogP contribution in [-0.2, 0) is 11.2 Å². The summed E-state index contributed by atoms with van der Waals surface area (Å²) in [6.07, 6.45) is 2.69. The Hall–Kier alpha value is -2.02. The van der Waals surface area contributed by atoms with E-state index in [1.54, 1.807) is 24.3 Å². The Balaban J connectivity index is 1.44. The predicted molar refractivity (Wildman–Crippen MR) is 116 cm³/mol. The van der Waals surface area contributed by atoms with Crippen LogP contribution in [0.3, 0.4) is 0 Å². The van der Waals surface area contributed by atoms with E-state index < -0.39 is 5.82 Å². The van der Waals surface area contributed by atoms with Crippen LogP contribution in [0.4, 0.5) is 4.39 Å². The van der Waals surface area contributed by atoms with Crippen molar-refractivity contribution in [2.75, 3.05) is 26.2 Å². The van der Waals surface area contributed by atoms with Gasteiger partial charge in [0.1, 0.15) is 0 Å². The van der Waals surface area contributed by atoms with Crippen molar-refractivity contribution in [1.82, 2.24) is 10.4 Å². The van der Waals surface area contributed by atoms with Crippen molar-refractivity contribution in [3.8, 4) is 11.5 Å². The molecule has 30 heavy (non-hydrogen) atoms. The molecule has 1 aliphatic rings. The van der Waals surface area contributed by atoms with E-state index in [0.29, 0.717) is 28.3 Å². The Morgan fingerprint density at radius 1 is 1.20 bits per heavy atom. The molecule has 8 heteroatoms. The number of nitrogens with one attached hydrogen (secondary N) is 1. The number of ether oxygens (including phenoxy) is 1. The summed E-state index contributed by atoms with van der Waals surface area (Å²) in [5.74, 6) is 0.613. The van der Waals surface area contributed by atoms with Gasteiger partial charge in [0.15, 0.2) is 17.3 Å². The van der Waals surface area contributed by atoms with Crippen LogP contribution < -0.4 is 15.1 Å². The molecule has 1 saturated heterocycles. The first-order valence-corrected chi connectivity index (χ1v) is 10.7. The van der Waals surface area contributed by atoms with E-state index in [4.69, 9.17) is 32.8 Å². The Bertz CT molecular complexity index is 881. The van der Waals surface area contributed by atoms with Gasteiger partial charge >= 0.3 is 0 Å². The second-order valence-corrected chi connectivity index (χ2v) is 8.32. The summed E-state index contributed by atoms with van der Waals surface area (Å²) in [4.78, 5) is 18.9. The van der Waals surface area contributed by atoms with Crippen molar-refractivity contribution < 1.29 is 18.8 Å². The molecule has 1 unspecified atom stereocenters. The molecule has 0 spiro atoms. The SMILES string of the molecule is CC(=O)NOc1ccc(Cl)cc1CC1CCN(CCCOc2ccc(Cl)cc2F)C1. The van der Waals surface area contributed by atoms with E-state index >= 15 is 0 Å². The molecule has 0 aliphatic carbocycles. The molecular formula is C22H25Cl2FN2O3. The molecule has 1 heterocycles. The highest BCUT2D eigenvalue weighted by Crippen LogP contribution is 2.29. The molecule has 1 N–H and O–H groups in total. The van der Waals surface area contributed by atoms with Gasteiger partial charge in [0.2, 0.25) is 5.91 Å². The van der Waals surface area contributed by atoms with Crippen LogP contribution >= 0.6 is 23.2 Å². The lowest BCUT2D eigenvalue weighted by atomic mass is 9.98. The van der Waals surface area contributed by atoms with Crippen molar-refractivity contribution in [3.63, 3.8) is 0 Å². The molecule has 0 aromatic heterocycles. The molecule has 0 radical (unpaired) electrons. The summed E-state index contributed by atoms with van der Waals surface area (Å²) in [7, 11) is 0. The van der Waals surface area contributed by atoms with Gasteiger partial charge in [-0.05, 0) is 73.7 Å². The molecule has 1 fully saturated rings. The average Bonchev–Trinajstić information content (AvgIpc) is 3.13. The summed E-state index contributed by atoms with van der Waals surface area (Å²) >= 11 is 11.9. The van der Waals surface area contributed by atoms with Crippen molar-refractivity contribution in [1.29, 1.82) is 0 Å². The Morgan fingerprint density at radius 3 is 2.67 bits per heavy atom. The third kappa shape index (κ3) is 6.76. The van der Waals surface area contributed by atoms with Gasteiger partial charge in [0.25, 0.3) is 0 Å². The van der Waals surface area contributed by atoms with Crippen molar-refractivity contribution in [2.45, 2.75) is 26.2 Å². The molecule has 5 nitrogen and oxygen atoms in total. The summed E-state index contributed by atoms with van der Waals surface area (Å²) in [5.41, 5.74) is 3.35. The lowest BCUT2D eigenvalue weighted by molar-refractivity contribution is -0.125. The molecule has 0 saturated carbocycles. The van der Waals surface area contributed by atoms with Crippen LogP contribution in [-0.4, -0.2) is 37.0 Å². The number of carbonyl (C=O) groups is 1. The van der Waals surface area contributed by atoms with Gasteiger partial charge in [-0.15, -0.1) is 0 Å². The second-order valence-electron chi connectivity index (χ2n) is 7.45. The van der Waals surface area contributed by atoms with Gasteiger partial charge < -0.3 is 14.5 Å². The van der Waals surface area contributed by atoms with Crippen LogP contribution in [0.15, 0.2) is 36.4 Å². The molecule has 2 aromatic carbocycles. The first kappa shape index (κ1) is 22.7. The number of hydroxylamine groups is 1. The molecule has 162 valence electrons. The third-order valence-electron chi connectivity index (χ3n) is 4.98. The van der Waals surface area contributed by atoms with E-state index in [1.807, 2.05) is 6.07 Å². The molecule has 3 rings (SSSR count). The van der Waals surface area contributed by atoms with Gasteiger partial charge in [-0.3, -0.25) is 4.79 Å². The average molecular weight is 455 g/mol. The van der Waals surface area contributed by atoms with E-state index in [-0.39, 0.29) is 11.7 Å². The van der Waals surface area contributed by atoms with E-state index in [1.165, 1.54) is 13.0 Å². The van der Waals surface area contributed by atoms with Gasteiger partial charge in [-0.25, -0.2) is 4.39 Å². The quantitative estimate of drug-likeness (QED) is 0.432. The number of hydrogen-bond acceptors (Lipinski definition) is 4. The number of benzene rings is 2. The highest BCUT2D eigenvalue weighted by molar-refractivity contribution is 6.30. The standard InChI is InChI=1S/C22H25Cl2FN2O3/c1-15(28)26-30-21-5-3-18(23)12-17(21)11-16-7-9-27(14-16)8-2-10-29-22-6-4-19(24)13-20(22)25/h3-6,12-13,16H,2,7-11,14H2,1H3,(H,26,28). The lowest BCUT2D eigenvalue weighted by Crippen LogP contribution is -2.25. The van der Waals surface area contributed by atoms with Crippen LogP contribution in [0.1, 0.15) is 25.3 Å². The number of amides is 1. The normalized spacial score (nSPS) is 16.5. The second kappa shape index (κ2) is 10.8. The maximum atomic E-state index is 13.7. The Kier molecular flexibility index (Phi) is 8.19. The molecule has 1 aliphatic heterocycles. The monoisotopic (exact) mass is 454 g/mol. The Morgan fingerprint density at radius 2 is 1.93 bits per heavy atom. The first-order valence-electron chi connectivity index (χ1n) is 9.93. The summed E-state index contributed by atoms with van der Waals surface area (Å²) < 4.78 is 19.3. The van der Waals surface area contributed by atoms with Gasteiger partial charge in [-0.2, -0.15) is 5.48 Å². The Labute approximate surface area is 186 Å². The molecular weight excluding hydrogens is 430 g/mol. The number of carbonyl (C=O) groups excluding carboxylic acids is 1. The summed E-state index contributed by atoms with van der Waals surface area (Å²) in [6.45, 7) is 4.69. The highest BCUT2D eigenvalue weighted by atomic mass is 35.5. The van der Waals surface area contributed by atoms with Gasteiger partial charge in [0, 0.05) is 30.1 Å². The van der Waals surface area contributed by atoms with Crippen molar-refractivity contribution in [3.05, 3.63) is 57.8 Å². The van der Waals surface area contributed by atoms with E-state index in [9.17, 15) is 9.18 Å². The number of nitrogens with zero attached hydrogens (tertiary/aromatic N) is 1. The zero-order valence-corrected chi connectivity index (χ0v) is 18.3. The third-order valence-corrected chi connectivity index (χ3v) is 5.45. The number of halogens is 3. The molecule has 2 aromatic rings. The van der Waals surface area contributed by atoms with Crippen LogP contribution in [0.2, 0.25) is 10.0 Å².